The first-order valence-corrected chi connectivity index (χ1v) is 7.11. The van der Waals surface area contributed by atoms with E-state index in [1.165, 1.54) is 6.33 Å². The van der Waals surface area contributed by atoms with Gasteiger partial charge in [0, 0.05) is 36.8 Å². The van der Waals surface area contributed by atoms with Crippen LogP contribution in [0.3, 0.4) is 0 Å². The largest absolute Gasteiger partial charge is 0.363 e. The Labute approximate surface area is 128 Å². The van der Waals surface area contributed by atoms with Crippen LogP contribution in [0.1, 0.15) is 18.4 Å². The Bertz CT molecular complexity index is 752. The normalized spacial score (nSPS) is 10.6. The van der Waals surface area contributed by atoms with Gasteiger partial charge in [-0.2, -0.15) is 5.10 Å². The van der Waals surface area contributed by atoms with Crippen LogP contribution in [-0.2, 0) is 20.0 Å². The molecule has 0 aliphatic rings. The summed E-state index contributed by atoms with van der Waals surface area (Å²) in [5.41, 5.74) is 1.94. The summed E-state index contributed by atoms with van der Waals surface area (Å²) < 4.78 is 1.73. The van der Waals surface area contributed by atoms with Crippen LogP contribution in [0.5, 0.6) is 0 Å². The maximum absolute atomic E-state index is 4.57. The SMILES string of the molecule is CCc1cc(NCc2ncnn2C)nc(-c2ccncc2)n1. The number of nitrogens with zero attached hydrogens (tertiary/aromatic N) is 6. The summed E-state index contributed by atoms with van der Waals surface area (Å²) in [6.07, 6.45) is 5.87. The molecule has 0 saturated carbocycles. The number of hydrogen-bond donors (Lipinski definition) is 1. The van der Waals surface area contributed by atoms with E-state index in [4.69, 9.17) is 0 Å². The van der Waals surface area contributed by atoms with Crippen LogP contribution >= 0.6 is 0 Å². The van der Waals surface area contributed by atoms with Gasteiger partial charge < -0.3 is 5.32 Å². The van der Waals surface area contributed by atoms with E-state index in [0.29, 0.717) is 12.4 Å². The molecule has 0 unspecified atom stereocenters. The Hall–Kier alpha value is -2.83. The molecular weight excluding hydrogens is 278 g/mol. The average Bonchev–Trinajstić information content (AvgIpc) is 2.98. The lowest BCUT2D eigenvalue weighted by Gasteiger charge is -2.09. The Balaban J connectivity index is 1.86. The van der Waals surface area contributed by atoms with Crippen LogP contribution < -0.4 is 5.32 Å². The first-order chi connectivity index (χ1) is 10.8. The molecule has 7 nitrogen and oxygen atoms in total. The molecule has 0 bridgehead atoms. The van der Waals surface area contributed by atoms with Gasteiger partial charge in [0.2, 0.25) is 0 Å². The van der Waals surface area contributed by atoms with Gasteiger partial charge in [-0.15, -0.1) is 0 Å². The van der Waals surface area contributed by atoms with Gasteiger partial charge in [-0.25, -0.2) is 15.0 Å². The van der Waals surface area contributed by atoms with E-state index in [0.717, 1.165) is 29.3 Å². The number of pyridine rings is 1. The molecule has 0 spiro atoms. The first kappa shape index (κ1) is 14.1. The zero-order valence-corrected chi connectivity index (χ0v) is 12.6. The molecule has 7 heteroatoms. The number of anilines is 1. The molecule has 112 valence electrons. The fourth-order valence-electron chi connectivity index (χ4n) is 2.05. The van der Waals surface area contributed by atoms with Gasteiger partial charge in [-0.3, -0.25) is 9.67 Å². The summed E-state index contributed by atoms with van der Waals surface area (Å²) >= 11 is 0. The van der Waals surface area contributed by atoms with E-state index < -0.39 is 0 Å². The molecule has 3 heterocycles. The van der Waals surface area contributed by atoms with Crippen molar-refractivity contribution in [3.63, 3.8) is 0 Å². The lowest BCUT2D eigenvalue weighted by Crippen LogP contribution is -2.09. The molecule has 0 radical (unpaired) electrons. The summed E-state index contributed by atoms with van der Waals surface area (Å²) in [5.74, 6) is 2.32. The van der Waals surface area contributed by atoms with E-state index in [1.54, 1.807) is 17.1 Å². The number of nitrogens with one attached hydrogen (secondary N) is 1. The van der Waals surface area contributed by atoms with Crippen LogP contribution in [-0.4, -0.2) is 29.7 Å². The Morgan fingerprint density at radius 2 is 2.00 bits per heavy atom. The van der Waals surface area contributed by atoms with Gasteiger partial charge in [0.25, 0.3) is 0 Å². The highest BCUT2D eigenvalue weighted by molar-refractivity contribution is 5.56. The maximum atomic E-state index is 4.57. The zero-order valence-electron chi connectivity index (χ0n) is 12.6. The van der Waals surface area contributed by atoms with Crippen molar-refractivity contribution in [2.75, 3.05) is 5.32 Å². The second-order valence-corrected chi connectivity index (χ2v) is 4.81. The molecule has 1 N–H and O–H groups in total. The van der Waals surface area contributed by atoms with Gasteiger partial charge in [-0.05, 0) is 18.6 Å². The highest BCUT2D eigenvalue weighted by atomic mass is 15.3. The Kier molecular flexibility index (Phi) is 4.04. The highest BCUT2D eigenvalue weighted by Gasteiger charge is 2.07. The molecule has 0 atom stereocenters. The van der Waals surface area contributed by atoms with Crippen molar-refractivity contribution >= 4 is 5.82 Å². The third kappa shape index (κ3) is 3.08. The lowest BCUT2D eigenvalue weighted by molar-refractivity contribution is 0.711. The van der Waals surface area contributed by atoms with Crippen molar-refractivity contribution in [3.8, 4) is 11.4 Å². The summed E-state index contributed by atoms with van der Waals surface area (Å²) in [5, 5.41) is 7.34. The van der Waals surface area contributed by atoms with Crippen molar-refractivity contribution in [2.45, 2.75) is 19.9 Å². The third-order valence-electron chi connectivity index (χ3n) is 3.31. The first-order valence-electron chi connectivity index (χ1n) is 7.11. The van der Waals surface area contributed by atoms with E-state index in [9.17, 15) is 0 Å². The predicted molar refractivity (Wildman–Crippen MR) is 83.0 cm³/mol. The van der Waals surface area contributed by atoms with E-state index in [2.05, 4.69) is 37.3 Å². The van der Waals surface area contributed by atoms with Crippen molar-refractivity contribution in [1.29, 1.82) is 0 Å². The van der Waals surface area contributed by atoms with Crippen LogP contribution in [0.2, 0.25) is 0 Å². The molecule has 0 aliphatic heterocycles. The average molecular weight is 295 g/mol. The minimum Gasteiger partial charge on any atom is -0.363 e. The number of aromatic nitrogens is 6. The Morgan fingerprint density at radius 1 is 1.18 bits per heavy atom. The van der Waals surface area contributed by atoms with Gasteiger partial charge in [0.1, 0.15) is 18.0 Å². The van der Waals surface area contributed by atoms with Crippen LogP contribution in [0.4, 0.5) is 5.82 Å². The van der Waals surface area contributed by atoms with Crippen LogP contribution in [0.25, 0.3) is 11.4 Å². The molecule has 0 fully saturated rings. The molecule has 22 heavy (non-hydrogen) atoms. The van der Waals surface area contributed by atoms with Crippen LogP contribution in [0.15, 0.2) is 36.9 Å². The predicted octanol–water partition coefficient (Wildman–Crippen LogP) is 1.84. The number of rotatable bonds is 5. The summed E-state index contributed by atoms with van der Waals surface area (Å²) in [6, 6.07) is 5.77. The van der Waals surface area contributed by atoms with Crippen molar-refractivity contribution in [2.24, 2.45) is 7.05 Å². The fraction of sp³-hybridized carbons (Fsp3) is 0.267. The molecular formula is C15H17N7. The lowest BCUT2D eigenvalue weighted by atomic mass is 10.2. The van der Waals surface area contributed by atoms with Crippen molar-refractivity contribution in [3.05, 3.63) is 48.4 Å². The molecule has 0 aliphatic carbocycles. The monoisotopic (exact) mass is 295 g/mol. The smallest absolute Gasteiger partial charge is 0.161 e. The molecule has 0 aromatic carbocycles. The summed E-state index contributed by atoms with van der Waals surface area (Å²) in [7, 11) is 1.86. The molecule has 0 saturated heterocycles. The van der Waals surface area contributed by atoms with E-state index >= 15 is 0 Å². The topological polar surface area (TPSA) is 81.4 Å². The Morgan fingerprint density at radius 3 is 2.68 bits per heavy atom. The van der Waals surface area contributed by atoms with E-state index in [-0.39, 0.29) is 0 Å². The summed E-state index contributed by atoms with van der Waals surface area (Å²) in [6.45, 7) is 2.64. The fourth-order valence-corrected chi connectivity index (χ4v) is 2.05. The van der Waals surface area contributed by atoms with Gasteiger partial charge in [0.05, 0.1) is 6.54 Å². The third-order valence-corrected chi connectivity index (χ3v) is 3.31. The molecule has 3 aromatic rings. The second kappa shape index (κ2) is 6.30. The molecule has 3 rings (SSSR count). The summed E-state index contributed by atoms with van der Waals surface area (Å²) in [4.78, 5) is 17.4. The number of aryl methyl sites for hydroxylation is 2. The standard InChI is InChI=1S/C15H17N7/c1-3-12-8-13(17-9-14-18-10-19-22(14)2)21-15(20-12)11-4-6-16-7-5-11/h4-8,10H,3,9H2,1-2H3,(H,17,20,21). The van der Waals surface area contributed by atoms with Gasteiger partial charge in [0.15, 0.2) is 5.82 Å². The van der Waals surface area contributed by atoms with Gasteiger partial charge in [-0.1, -0.05) is 6.92 Å². The minimum atomic E-state index is 0.562. The highest BCUT2D eigenvalue weighted by Crippen LogP contribution is 2.17. The van der Waals surface area contributed by atoms with E-state index in [1.807, 2.05) is 25.2 Å². The second-order valence-electron chi connectivity index (χ2n) is 4.81. The number of hydrogen-bond acceptors (Lipinski definition) is 6. The van der Waals surface area contributed by atoms with Crippen LogP contribution in [0, 0.1) is 0 Å². The maximum Gasteiger partial charge on any atom is 0.161 e. The molecule has 0 amide bonds. The zero-order chi connectivity index (χ0) is 15.4. The van der Waals surface area contributed by atoms with Crippen molar-refractivity contribution in [1.82, 2.24) is 29.7 Å². The quantitative estimate of drug-likeness (QED) is 0.773. The van der Waals surface area contributed by atoms with Crippen molar-refractivity contribution < 1.29 is 0 Å². The molecule has 3 aromatic heterocycles. The minimum absolute atomic E-state index is 0.562. The van der Waals surface area contributed by atoms with Gasteiger partial charge >= 0.3 is 0 Å².